The minimum Gasteiger partial charge on any atom is -0.309 e. The molecule has 0 aliphatic heterocycles. The lowest BCUT2D eigenvalue weighted by atomic mass is 9.81. The van der Waals surface area contributed by atoms with Crippen molar-refractivity contribution >= 4 is 44.9 Å². The van der Waals surface area contributed by atoms with E-state index in [1.54, 1.807) is 0 Å². The van der Waals surface area contributed by atoms with Crippen LogP contribution in [0.25, 0.3) is 66.4 Å². The highest BCUT2D eigenvalue weighted by Crippen LogP contribution is 2.54. The first-order valence-corrected chi connectivity index (χ1v) is 24.7. The normalized spacial score (nSPS) is 12.1. The van der Waals surface area contributed by atoms with Crippen LogP contribution in [0.1, 0.15) is 36.1 Å². The second-order valence-corrected chi connectivity index (χ2v) is 19.2. The molecule has 1 aliphatic carbocycles. The maximum atomic E-state index is 11.1. The van der Waals surface area contributed by atoms with Crippen LogP contribution in [0.2, 0.25) is 0 Å². The van der Waals surface area contributed by atoms with E-state index in [-0.39, 0.29) is 5.41 Å². The highest BCUT2D eigenvalue weighted by Gasteiger charge is 2.37. The van der Waals surface area contributed by atoms with Gasteiger partial charge >= 0.3 is 0 Å². The second kappa shape index (κ2) is 18.5. The Balaban J connectivity index is 1.01. The van der Waals surface area contributed by atoms with Crippen LogP contribution >= 0.6 is 0 Å². The van der Waals surface area contributed by atoms with Gasteiger partial charge in [0.1, 0.15) is 12.1 Å². The van der Waals surface area contributed by atoms with E-state index in [1.165, 1.54) is 22.3 Å². The summed E-state index contributed by atoms with van der Waals surface area (Å²) in [5, 5.41) is 24.4. The number of nitrogens with zero attached hydrogens (tertiary/aromatic N) is 4. The molecule has 1 aliphatic rings. The molecular formula is C69H48N4. The Morgan fingerprint density at radius 3 is 1.15 bits per heavy atom. The number of hydrogen-bond acceptors (Lipinski definition) is 4. The molecule has 344 valence electrons. The van der Waals surface area contributed by atoms with Crippen molar-refractivity contribution in [3.8, 4) is 67.8 Å². The van der Waals surface area contributed by atoms with Crippen molar-refractivity contribution in [1.82, 2.24) is 0 Å². The first-order chi connectivity index (χ1) is 35.9. The van der Waals surface area contributed by atoms with Gasteiger partial charge in [0.15, 0.2) is 0 Å². The minimum absolute atomic E-state index is 0.383. The quantitative estimate of drug-likeness (QED) is 0.137. The Morgan fingerprint density at radius 2 is 0.699 bits per heavy atom. The van der Waals surface area contributed by atoms with Gasteiger partial charge in [0.25, 0.3) is 0 Å². The molecule has 0 saturated heterocycles. The molecular weight excluding hydrogens is 885 g/mol. The van der Waals surface area contributed by atoms with Gasteiger partial charge < -0.3 is 9.80 Å². The SMILES string of the molecule is CC1(C)c2cc(N(c3ccccc3)c3c(C#N)cc(-c4ccccc4)cc3-c3ccccc3)ccc2-c2cc3ccc(N(c4ccccc4)c4c(C#N)cc(-c5ccccc5)cc4-c4ccccc4)cc3cc21. The highest BCUT2D eigenvalue weighted by molar-refractivity contribution is 6.00. The molecule has 0 N–H and O–H groups in total. The lowest BCUT2D eigenvalue weighted by Gasteiger charge is -2.31. The number of benzene rings is 11. The monoisotopic (exact) mass is 932 g/mol. The summed E-state index contributed by atoms with van der Waals surface area (Å²) in [4.78, 5) is 4.51. The summed E-state index contributed by atoms with van der Waals surface area (Å²) >= 11 is 0. The molecule has 0 bridgehead atoms. The Morgan fingerprint density at radius 1 is 0.301 bits per heavy atom. The van der Waals surface area contributed by atoms with Crippen molar-refractivity contribution in [1.29, 1.82) is 10.5 Å². The van der Waals surface area contributed by atoms with Gasteiger partial charge in [-0.2, -0.15) is 10.5 Å². The van der Waals surface area contributed by atoms with Gasteiger partial charge in [-0.3, -0.25) is 0 Å². The molecule has 73 heavy (non-hydrogen) atoms. The molecule has 0 saturated carbocycles. The van der Waals surface area contributed by atoms with Crippen molar-refractivity contribution in [2.45, 2.75) is 19.3 Å². The third kappa shape index (κ3) is 7.99. The molecule has 0 atom stereocenters. The van der Waals surface area contributed by atoms with Crippen molar-refractivity contribution < 1.29 is 0 Å². The smallest absolute Gasteiger partial charge is 0.101 e. The van der Waals surface area contributed by atoms with Gasteiger partial charge in [0.2, 0.25) is 0 Å². The van der Waals surface area contributed by atoms with Crippen LogP contribution in [0, 0.1) is 22.7 Å². The predicted molar refractivity (Wildman–Crippen MR) is 302 cm³/mol. The van der Waals surface area contributed by atoms with Crippen LogP contribution in [0.3, 0.4) is 0 Å². The zero-order valence-electron chi connectivity index (χ0n) is 40.5. The van der Waals surface area contributed by atoms with Crippen molar-refractivity contribution in [2.75, 3.05) is 9.80 Å². The summed E-state index contributed by atoms with van der Waals surface area (Å²) in [5.41, 5.74) is 19.2. The Hall–Kier alpha value is -9.74. The summed E-state index contributed by atoms with van der Waals surface area (Å²) in [7, 11) is 0. The number of rotatable bonds is 10. The largest absolute Gasteiger partial charge is 0.309 e. The van der Waals surface area contributed by atoms with Gasteiger partial charge in [-0.25, -0.2) is 0 Å². The summed E-state index contributed by atoms with van der Waals surface area (Å²) < 4.78 is 0. The van der Waals surface area contributed by atoms with Crippen LogP contribution in [-0.4, -0.2) is 0 Å². The van der Waals surface area contributed by atoms with Gasteiger partial charge in [-0.05, 0) is 151 Å². The zero-order valence-corrected chi connectivity index (χ0v) is 40.5. The molecule has 11 aromatic carbocycles. The maximum absolute atomic E-state index is 11.1. The molecule has 4 heteroatoms. The first kappa shape index (κ1) is 44.5. The van der Waals surface area contributed by atoms with Crippen molar-refractivity contribution in [3.63, 3.8) is 0 Å². The van der Waals surface area contributed by atoms with Gasteiger partial charge in [-0.15, -0.1) is 0 Å². The standard InChI is InChI=1S/C69H48N4/c1-69(2)65-43-54-39-59(72(57-29-17-7-18-30-57)67-55(45-70)37-52(47-21-9-3-10-22-47)41-62(67)49-25-13-5-14-26-49)34-33-51(54)40-64(65)61-36-35-60(44-66(61)69)73(58-31-19-8-20-32-58)68-56(46-71)38-53(48-23-11-4-12-24-48)42-63(68)50-27-15-6-16-28-50/h3-44H,1-2H3. The number of nitriles is 2. The van der Waals surface area contributed by atoms with Gasteiger partial charge in [0.05, 0.1) is 22.5 Å². The van der Waals surface area contributed by atoms with Crippen LogP contribution in [0.5, 0.6) is 0 Å². The van der Waals surface area contributed by atoms with Crippen LogP contribution in [0.4, 0.5) is 34.1 Å². The van der Waals surface area contributed by atoms with E-state index in [9.17, 15) is 10.5 Å². The molecule has 0 heterocycles. The summed E-state index contributed by atoms with van der Waals surface area (Å²) in [5.74, 6) is 0. The van der Waals surface area contributed by atoms with E-state index in [0.717, 1.165) is 89.4 Å². The molecule has 0 amide bonds. The van der Waals surface area contributed by atoms with Crippen molar-refractivity contribution in [3.05, 3.63) is 277 Å². The lowest BCUT2D eigenvalue weighted by Crippen LogP contribution is -2.17. The highest BCUT2D eigenvalue weighted by atomic mass is 15.2. The molecule has 12 rings (SSSR count). The van der Waals surface area contributed by atoms with E-state index in [4.69, 9.17) is 0 Å². The minimum atomic E-state index is -0.383. The van der Waals surface area contributed by atoms with Gasteiger partial charge in [0, 0.05) is 39.3 Å². The summed E-state index contributed by atoms with van der Waals surface area (Å²) in [6.45, 7) is 4.65. The lowest BCUT2D eigenvalue weighted by molar-refractivity contribution is 0.661. The molecule has 0 radical (unpaired) electrons. The number of hydrogen-bond donors (Lipinski definition) is 0. The fourth-order valence-electron chi connectivity index (χ4n) is 10.9. The summed E-state index contributed by atoms with van der Waals surface area (Å²) in [6, 6.07) is 94.1. The van der Waals surface area contributed by atoms with E-state index in [0.29, 0.717) is 11.1 Å². The molecule has 0 fully saturated rings. The third-order valence-electron chi connectivity index (χ3n) is 14.4. The Bertz CT molecular complexity index is 3930. The molecule has 4 nitrogen and oxygen atoms in total. The maximum Gasteiger partial charge on any atom is 0.101 e. The Kier molecular flexibility index (Phi) is 11.3. The topological polar surface area (TPSA) is 54.1 Å². The predicted octanol–water partition coefficient (Wildman–Crippen LogP) is 18.5. The van der Waals surface area contributed by atoms with Gasteiger partial charge in [-0.1, -0.05) is 184 Å². The average molecular weight is 933 g/mol. The fourth-order valence-corrected chi connectivity index (χ4v) is 10.9. The molecule has 0 spiro atoms. The molecule has 0 unspecified atom stereocenters. The second-order valence-electron chi connectivity index (χ2n) is 19.2. The van der Waals surface area contributed by atoms with Crippen LogP contribution in [0.15, 0.2) is 255 Å². The van der Waals surface area contributed by atoms with E-state index in [2.05, 4.69) is 218 Å². The number of anilines is 6. The summed E-state index contributed by atoms with van der Waals surface area (Å²) in [6.07, 6.45) is 0. The van der Waals surface area contributed by atoms with Crippen molar-refractivity contribution in [2.24, 2.45) is 0 Å². The first-order valence-electron chi connectivity index (χ1n) is 24.7. The number of fused-ring (bicyclic) bond motifs is 4. The fraction of sp³-hybridized carbons (Fsp3) is 0.0435. The van der Waals surface area contributed by atoms with E-state index >= 15 is 0 Å². The van der Waals surface area contributed by atoms with Crippen LogP contribution in [-0.2, 0) is 5.41 Å². The zero-order chi connectivity index (χ0) is 49.5. The average Bonchev–Trinajstić information content (AvgIpc) is 3.67. The molecule has 11 aromatic rings. The number of para-hydroxylation sites is 2. The van der Waals surface area contributed by atoms with E-state index in [1.807, 2.05) is 72.8 Å². The Labute approximate surface area is 427 Å². The van der Waals surface area contributed by atoms with Crippen LogP contribution < -0.4 is 9.80 Å². The third-order valence-corrected chi connectivity index (χ3v) is 14.4. The molecule has 0 aromatic heterocycles. The van der Waals surface area contributed by atoms with E-state index < -0.39 is 0 Å².